The van der Waals surface area contributed by atoms with Gasteiger partial charge in [0.15, 0.2) is 11.6 Å². The molecule has 1 aromatic carbocycles. The number of nitrogens with zero attached hydrogens (tertiary/aromatic N) is 1. The van der Waals surface area contributed by atoms with E-state index in [0.717, 1.165) is 12.1 Å². The van der Waals surface area contributed by atoms with Crippen LogP contribution in [0.1, 0.15) is 38.1 Å². The van der Waals surface area contributed by atoms with Crippen LogP contribution in [0.25, 0.3) is 11.3 Å². The fraction of sp³-hybridized carbons (Fsp3) is 0.333. The third-order valence-electron chi connectivity index (χ3n) is 3.87. The number of hydrogen-bond donors (Lipinski definition) is 3. The Labute approximate surface area is 149 Å². The highest BCUT2D eigenvalue weighted by molar-refractivity contribution is 5.74. The fourth-order valence-corrected chi connectivity index (χ4v) is 2.74. The first-order valence-corrected chi connectivity index (χ1v) is 7.90. The number of aliphatic hydroxyl groups excluding tert-OH is 1. The van der Waals surface area contributed by atoms with Crippen molar-refractivity contribution in [3.05, 3.63) is 53.0 Å². The van der Waals surface area contributed by atoms with Gasteiger partial charge < -0.3 is 16.2 Å². The normalized spacial score (nSPS) is 12.8. The van der Waals surface area contributed by atoms with Gasteiger partial charge in [-0.05, 0) is 38.1 Å². The monoisotopic (exact) mass is 367 g/mol. The first kappa shape index (κ1) is 19.9. The highest BCUT2D eigenvalue weighted by Gasteiger charge is 2.34. The van der Waals surface area contributed by atoms with Crippen molar-refractivity contribution in [2.75, 3.05) is 6.54 Å². The molecule has 140 valence electrons. The number of rotatable bonds is 5. The highest BCUT2D eigenvalue weighted by atomic mass is 19.1. The van der Waals surface area contributed by atoms with Crippen LogP contribution >= 0.6 is 0 Å². The molecule has 1 heterocycles. The summed E-state index contributed by atoms with van der Waals surface area (Å²) < 4.78 is 43.3. The molecule has 0 bridgehead atoms. The van der Waals surface area contributed by atoms with Crippen LogP contribution in [0.3, 0.4) is 0 Å². The molecular formula is C18H20F3N3O2. The van der Waals surface area contributed by atoms with Crippen LogP contribution in [0.4, 0.5) is 13.2 Å². The zero-order valence-corrected chi connectivity index (χ0v) is 14.6. The smallest absolute Gasteiger partial charge is 0.217 e. The number of aromatic nitrogens is 1. The minimum absolute atomic E-state index is 0.189. The molecule has 0 aliphatic heterocycles. The summed E-state index contributed by atoms with van der Waals surface area (Å²) in [6.07, 6.45) is -1.47. The van der Waals surface area contributed by atoms with Gasteiger partial charge in [-0.1, -0.05) is 0 Å². The Bertz CT molecular complexity index is 823. The number of nitrogens with one attached hydrogen (secondary N) is 1. The quantitative estimate of drug-likeness (QED) is 0.758. The molecule has 2 aromatic rings. The summed E-state index contributed by atoms with van der Waals surface area (Å²) in [6.45, 7) is 3.72. The van der Waals surface area contributed by atoms with Crippen LogP contribution in [0.5, 0.6) is 0 Å². The minimum Gasteiger partial charge on any atom is -0.385 e. The number of carbonyl (C=O) groups excluding carboxylic acids is 1. The summed E-state index contributed by atoms with van der Waals surface area (Å²) in [7, 11) is 0. The maximum atomic E-state index is 15.2. The summed E-state index contributed by atoms with van der Waals surface area (Å²) in [5, 5.41) is 12.5. The van der Waals surface area contributed by atoms with Crippen molar-refractivity contribution in [1.82, 2.24) is 10.3 Å². The molecule has 0 spiro atoms. The zero-order valence-electron chi connectivity index (χ0n) is 14.6. The van der Waals surface area contributed by atoms with Gasteiger partial charge in [0.05, 0.1) is 11.1 Å². The Hall–Kier alpha value is -2.45. The van der Waals surface area contributed by atoms with Crippen molar-refractivity contribution in [2.24, 2.45) is 5.73 Å². The number of amides is 1. The summed E-state index contributed by atoms with van der Waals surface area (Å²) >= 11 is 0. The Morgan fingerprint density at radius 1 is 1.23 bits per heavy atom. The average molecular weight is 367 g/mol. The molecule has 0 fully saturated rings. The van der Waals surface area contributed by atoms with E-state index in [-0.39, 0.29) is 17.8 Å². The van der Waals surface area contributed by atoms with Crippen molar-refractivity contribution in [2.45, 2.75) is 32.4 Å². The van der Waals surface area contributed by atoms with E-state index in [1.165, 1.54) is 32.9 Å². The molecule has 0 aliphatic rings. The van der Waals surface area contributed by atoms with Crippen LogP contribution in [-0.4, -0.2) is 22.5 Å². The minimum atomic E-state index is -1.47. The predicted octanol–water partition coefficient (Wildman–Crippen LogP) is 2.53. The molecule has 5 nitrogen and oxygen atoms in total. The Morgan fingerprint density at radius 2 is 1.81 bits per heavy atom. The van der Waals surface area contributed by atoms with Crippen LogP contribution in [0.2, 0.25) is 0 Å². The fourth-order valence-electron chi connectivity index (χ4n) is 2.74. The van der Waals surface area contributed by atoms with E-state index in [0.29, 0.717) is 0 Å². The first-order chi connectivity index (χ1) is 12.1. The van der Waals surface area contributed by atoms with E-state index in [1.807, 2.05) is 0 Å². The predicted molar refractivity (Wildman–Crippen MR) is 90.4 cm³/mol. The molecule has 0 radical (unpaired) electrons. The van der Waals surface area contributed by atoms with E-state index in [9.17, 15) is 18.7 Å². The molecule has 1 aromatic heterocycles. The second-order valence-corrected chi connectivity index (χ2v) is 6.41. The lowest BCUT2D eigenvalue weighted by Crippen LogP contribution is -2.41. The van der Waals surface area contributed by atoms with Gasteiger partial charge >= 0.3 is 0 Å². The summed E-state index contributed by atoms with van der Waals surface area (Å²) in [4.78, 5) is 15.3. The molecule has 4 N–H and O–H groups in total. The number of hydrogen-bond acceptors (Lipinski definition) is 4. The zero-order chi connectivity index (χ0) is 19.6. The molecule has 26 heavy (non-hydrogen) atoms. The van der Waals surface area contributed by atoms with Gasteiger partial charge in [-0.15, -0.1) is 0 Å². The van der Waals surface area contributed by atoms with Crippen molar-refractivity contribution in [3.63, 3.8) is 0 Å². The van der Waals surface area contributed by atoms with Gasteiger partial charge in [0.2, 0.25) is 5.91 Å². The van der Waals surface area contributed by atoms with Gasteiger partial charge in [-0.3, -0.25) is 4.79 Å². The van der Waals surface area contributed by atoms with Crippen molar-refractivity contribution in [3.8, 4) is 11.3 Å². The van der Waals surface area contributed by atoms with E-state index >= 15 is 4.39 Å². The van der Waals surface area contributed by atoms with Crippen LogP contribution in [-0.2, 0) is 10.3 Å². The molecule has 1 amide bonds. The van der Waals surface area contributed by atoms with Crippen LogP contribution in [0, 0.1) is 17.5 Å². The number of pyridine rings is 1. The van der Waals surface area contributed by atoms with Crippen molar-refractivity contribution < 1.29 is 23.1 Å². The topological polar surface area (TPSA) is 88.2 Å². The van der Waals surface area contributed by atoms with Gasteiger partial charge in [-0.25, -0.2) is 18.2 Å². The standard InChI is InChI=1S/C18H20F3N3O2/c1-9(25)24-18(2,3)13-14(20)16(10-4-6-11(19)7-5-10)23-17(15(13)21)12(26)8-22/h4-7,12,26H,8,22H2,1-3H3,(H,24,25). The van der Waals surface area contributed by atoms with Crippen LogP contribution < -0.4 is 11.1 Å². The summed E-state index contributed by atoms with van der Waals surface area (Å²) in [5.74, 6) is -3.13. The lowest BCUT2D eigenvalue weighted by molar-refractivity contribution is -0.120. The van der Waals surface area contributed by atoms with Crippen LogP contribution in [0.15, 0.2) is 24.3 Å². The third-order valence-corrected chi connectivity index (χ3v) is 3.87. The molecule has 2 rings (SSSR count). The number of carbonyl (C=O) groups is 1. The maximum absolute atomic E-state index is 15.2. The Balaban J connectivity index is 2.79. The highest BCUT2D eigenvalue weighted by Crippen LogP contribution is 2.34. The van der Waals surface area contributed by atoms with E-state index in [2.05, 4.69) is 10.3 Å². The molecule has 8 heteroatoms. The largest absolute Gasteiger partial charge is 0.385 e. The lowest BCUT2D eigenvalue weighted by Gasteiger charge is -2.29. The average Bonchev–Trinajstić information content (AvgIpc) is 2.54. The maximum Gasteiger partial charge on any atom is 0.217 e. The van der Waals surface area contributed by atoms with Gasteiger partial charge in [0.25, 0.3) is 0 Å². The summed E-state index contributed by atoms with van der Waals surface area (Å²) in [5.41, 5.74) is 2.96. The molecule has 0 saturated carbocycles. The third kappa shape index (κ3) is 3.86. The van der Waals surface area contributed by atoms with E-state index < -0.39 is 46.3 Å². The number of benzene rings is 1. The summed E-state index contributed by atoms with van der Waals surface area (Å²) in [6, 6.07) is 4.79. The van der Waals surface area contributed by atoms with Gasteiger partial charge in [0.1, 0.15) is 23.3 Å². The van der Waals surface area contributed by atoms with E-state index in [1.54, 1.807) is 0 Å². The molecule has 1 unspecified atom stereocenters. The molecule has 1 atom stereocenters. The van der Waals surface area contributed by atoms with Gasteiger partial charge in [0, 0.05) is 19.0 Å². The first-order valence-electron chi connectivity index (χ1n) is 7.90. The number of nitrogens with two attached hydrogens (primary N) is 1. The second kappa shape index (κ2) is 7.43. The molecule has 0 saturated heterocycles. The molecule has 0 aliphatic carbocycles. The van der Waals surface area contributed by atoms with Gasteiger partial charge in [-0.2, -0.15) is 0 Å². The van der Waals surface area contributed by atoms with Crippen molar-refractivity contribution >= 4 is 5.91 Å². The van der Waals surface area contributed by atoms with E-state index in [4.69, 9.17) is 5.73 Å². The number of aliphatic hydroxyl groups is 1. The Morgan fingerprint density at radius 3 is 2.31 bits per heavy atom. The lowest BCUT2D eigenvalue weighted by atomic mass is 9.90. The SMILES string of the molecule is CC(=O)NC(C)(C)c1c(F)c(-c2ccc(F)cc2)nc(C(O)CN)c1F. The van der Waals surface area contributed by atoms with Crippen molar-refractivity contribution in [1.29, 1.82) is 0 Å². The second-order valence-electron chi connectivity index (χ2n) is 6.41. The molecular weight excluding hydrogens is 347 g/mol. The Kier molecular flexibility index (Phi) is 5.68. The number of halogens is 3.